The molecule has 0 saturated heterocycles. The molecule has 0 fully saturated rings. The minimum absolute atomic E-state index is 0.0206. The third-order valence-corrected chi connectivity index (χ3v) is 3.69. The minimum atomic E-state index is -0.942. The molecule has 0 aliphatic carbocycles. The number of rotatable bonds is 11. The van der Waals surface area contributed by atoms with E-state index in [0.717, 1.165) is 0 Å². The van der Waals surface area contributed by atoms with E-state index in [1.807, 2.05) is 0 Å². The van der Waals surface area contributed by atoms with Crippen molar-refractivity contribution in [3.8, 4) is 11.5 Å². The van der Waals surface area contributed by atoms with Crippen LogP contribution in [0.3, 0.4) is 0 Å². The number of aliphatic carboxylic acids is 2. The van der Waals surface area contributed by atoms with Gasteiger partial charge in [-0.05, 0) is 37.8 Å². The second-order valence-corrected chi connectivity index (χ2v) is 5.95. The van der Waals surface area contributed by atoms with Crippen LogP contribution in [0.5, 0.6) is 11.5 Å². The van der Waals surface area contributed by atoms with Gasteiger partial charge in [-0.15, -0.1) is 0 Å². The van der Waals surface area contributed by atoms with Gasteiger partial charge >= 0.3 is 17.9 Å². The molecule has 1 unspecified atom stereocenters. The largest absolute Gasteiger partial charge is 0.507 e. The molecule has 0 radical (unpaired) electrons. The molecule has 0 aliphatic heterocycles. The number of hydrogen-bond acceptors (Lipinski definition) is 6. The normalized spacial score (nSPS) is 11.9. The van der Waals surface area contributed by atoms with Gasteiger partial charge in [-0.3, -0.25) is 9.59 Å². The van der Waals surface area contributed by atoms with Crippen molar-refractivity contribution in [2.45, 2.75) is 45.1 Å². The summed E-state index contributed by atoms with van der Waals surface area (Å²) in [6.07, 6.45) is 3.49. The van der Waals surface area contributed by atoms with Gasteiger partial charge in [0.25, 0.3) is 0 Å². The number of carboxylic acid groups (broad SMARTS) is 2. The van der Waals surface area contributed by atoms with Crippen molar-refractivity contribution in [2.75, 3.05) is 7.11 Å². The van der Waals surface area contributed by atoms with E-state index in [4.69, 9.17) is 19.7 Å². The Kier molecular flexibility index (Phi) is 8.84. The Morgan fingerprint density at radius 2 is 1.81 bits per heavy atom. The van der Waals surface area contributed by atoms with Crippen LogP contribution < -0.4 is 4.74 Å². The third kappa shape index (κ3) is 7.81. The van der Waals surface area contributed by atoms with Crippen LogP contribution in [0.1, 0.15) is 54.9 Å². The summed E-state index contributed by atoms with van der Waals surface area (Å²) >= 11 is 0. The molecule has 1 aromatic rings. The summed E-state index contributed by atoms with van der Waals surface area (Å²) in [5.41, 5.74) is 0.271. The molecule has 1 rings (SSSR count). The molecule has 0 bridgehead atoms. The van der Waals surface area contributed by atoms with Crippen LogP contribution in [-0.2, 0) is 14.3 Å². The van der Waals surface area contributed by atoms with E-state index < -0.39 is 24.0 Å². The van der Waals surface area contributed by atoms with E-state index in [1.165, 1.54) is 25.3 Å². The van der Waals surface area contributed by atoms with Gasteiger partial charge in [0, 0.05) is 18.9 Å². The average molecular weight is 380 g/mol. The van der Waals surface area contributed by atoms with Crippen molar-refractivity contribution in [1.82, 2.24) is 0 Å². The SMILES string of the molecule is COc1cc(O)c(C(=O)OC(C)CCCC(=O)O)c(C=CCCC(=O)O)c1. The van der Waals surface area contributed by atoms with E-state index in [2.05, 4.69) is 0 Å². The smallest absolute Gasteiger partial charge is 0.342 e. The lowest BCUT2D eigenvalue weighted by atomic mass is 10.0. The molecule has 0 aromatic heterocycles. The molecule has 3 N–H and O–H groups in total. The van der Waals surface area contributed by atoms with Crippen molar-refractivity contribution >= 4 is 24.0 Å². The highest BCUT2D eigenvalue weighted by Crippen LogP contribution is 2.30. The Morgan fingerprint density at radius 1 is 1.15 bits per heavy atom. The van der Waals surface area contributed by atoms with Crippen molar-refractivity contribution < 1.29 is 39.2 Å². The number of allylic oxidation sites excluding steroid dienone is 1. The maximum Gasteiger partial charge on any atom is 0.342 e. The average Bonchev–Trinajstić information content (AvgIpc) is 2.57. The first-order valence-corrected chi connectivity index (χ1v) is 8.46. The fraction of sp³-hybridized carbons (Fsp3) is 0.421. The Morgan fingerprint density at radius 3 is 2.41 bits per heavy atom. The number of carboxylic acids is 2. The first-order valence-electron chi connectivity index (χ1n) is 8.46. The van der Waals surface area contributed by atoms with Crippen molar-refractivity contribution in [2.24, 2.45) is 0 Å². The van der Waals surface area contributed by atoms with E-state index in [1.54, 1.807) is 13.0 Å². The van der Waals surface area contributed by atoms with E-state index >= 15 is 0 Å². The van der Waals surface area contributed by atoms with Gasteiger partial charge in [0.15, 0.2) is 0 Å². The molecule has 0 spiro atoms. The number of phenolic OH excluding ortho intramolecular Hbond substituents is 1. The summed E-state index contributed by atoms with van der Waals surface area (Å²) in [4.78, 5) is 33.6. The third-order valence-electron chi connectivity index (χ3n) is 3.69. The van der Waals surface area contributed by atoms with Gasteiger partial charge in [0.2, 0.25) is 0 Å². The lowest BCUT2D eigenvalue weighted by Crippen LogP contribution is -2.16. The summed E-state index contributed by atoms with van der Waals surface area (Å²) in [5.74, 6) is -2.61. The van der Waals surface area contributed by atoms with Gasteiger partial charge in [-0.2, -0.15) is 0 Å². The van der Waals surface area contributed by atoms with E-state index in [9.17, 15) is 19.5 Å². The summed E-state index contributed by atoms with van der Waals surface area (Å²) in [5, 5.41) is 27.5. The molecule has 1 atom stereocenters. The zero-order valence-electron chi connectivity index (χ0n) is 15.3. The molecule has 1 aromatic carbocycles. The zero-order chi connectivity index (χ0) is 20.4. The van der Waals surface area contributed by atoms with E-state index in [-0.39, 0.29) is 30.6 Å². The highest BCUT2D eigenvalue weighted by molar-refractivity contribution is 5.97. The molecule has 148 valence electrons. The Balaban J connectivity index is 2.94. The van der Waals surface area contributed by atoms with Crippen molar-refractivity contribution in [1.29, 1.82) is 0 Å². The Bertz CT molecular complexity index is 708. The molecule has 0 heterocycles. The highest BCUT2D eigenvalue weighted by Gasteiger charge is 2.20. The van der Waals surface area contributed by atoms with Crippen LogP contribution in [0.2, 0.25) is 0 Å². The van der Waals surface area contributed by atoms with Crippen LogP contribution in [0.4, 0.5) is 0 Å². The van der Waals surface area contributed by atoms with Crippen molar-refractivity contribution in [3.63, 3.8) is 0 Å². The second-order valence-electron chi connectivity index (χ2n) is 5.95. The molecule has 0 aliphatic rings. The monoisotopic (exact) mass is 380 g/mol. The van der Waals surface area contributed by atoms with Gasteiger partial charge in [-0.25, -0.2) is 4.79 Å². The van der Waals surface area contributed by atoms with Gasteiger partial charge in [-0.1, -0.05) is 12.2 Å². The van der Waals surface area contributed by atoms with Gasteiger partial charge in [0.1, 0.15) is 17.1 Å². The topological polar surface area (TPSA) is 130 Å². The number of hydrogen-bond donors (Lipinski definition) is 3. The van der Waals surface area contributed by atoms with Crippen molar-refractivity contribution in [3.05, 3.63) is 29.3 Å². The number of methoxy groups -OCH3 is 1. The zero-order valence-corrected chi connectivity index (χ0v) is 15.3. The number of carbonyl (C=O) groups excluding carboxylic acids is 1. The summed E-state index contributed by atoms with van der Waals surface area (Å²) in [6, 6.07) is 2.81. The molecular weight excluding hydrogens is 356 g/mol. The number of carbonyl (C=O) groups is 3. The Hall–Kier alpha value is -3.03. The van der Waals surface area contributed by atoms with Crippen LogP contribution in [0.15, 0.2) is 18.2 Å². The quantitative estimate of drug-likeness (QED) is 0.499. The summed E-state index contributed by atoms with van der Waals surface area (Å²) in [7, 11) is 1.41. The number of aromatic hydroxyl groups is 1. The van der Waals surface area contributed by atoms with E-state index in [0.29, 0.717) is 24.2 Å². The van der Waals surface area contributed by atoms with Crippen LogP contribution in [0.25, 0.3) is 6.08 Å². The fourth-order valence-electron chi connectivity index (χ4n) is 2.35. The lowest BCUT2D eigenvalue weighted by molar-refractivity contribution is -0.138. The molecule has 27 heavy (non-hydrogen) atoms. The van der Waals surface area contributed by atoms with Crippen LogP contribution in [-0.4, -0.2) is 46.4 Å². The number of benzene rings is 1. The fourth-order valence-corrected chi connectivity index (χ4v) is 2.35. The number of phenols is 1. The second kappa shape index (κ2) is 10.8. The minimum Gasteiger partial charge on any atom is -0.507 e. The maximum absolute atomic E-state index is 12.5. The first-order chi connectivity index (χ1) is 12.7. The van der Waals surface area contributed by atoms with Crippen LogP contribution >= 0.6 is 0 Å². The predicted octanol–water partition coefficient (Wildman–Crippen LogP) is 3.08. The molecule has 8 heteroatoms. The first kappa shape index (κ1) is 22.0. The Labute approximate surface area is 157 Å². The van der Waals surface area contributed by atoms with Gasteiger partial charge in [0.05, 0.1) is 13.2 Å². The maximum atomic E-state index is 12.5. The van der Waals surface area contributed by atoms with Crippen LogP contribution in [0, 0.1) is 0 Å². The number of esters is 1. The lowest BCUT2D eigenvalue weighted by Gasteiger charge is -2.15. The predicted molar refractivity (Wildman–Crippen MR) is 96.9 cm³/mol. The molecule has 8 nitrogen and oxygen atoms in total. The molecular formula is C19H24O8. The number of ether oxygens (including phenoxy) is 2. The van der Waals surface area contributed by atoms with Gasteiger partial charge < -0.3 is 24.8 Å². The summed E-state index contributed by atoms with van der Waals surface area (Å²) < 4.78 is 10.4. The standard InChI is InChI=1S/C19H24O8/c1-12(6-5-9-17(23)24)27-19(25)18-13(7-3-4-8-16(21)22)10-14(26-2)11-15(18)20/h3,7,10-12,20H,4-6,8-9H2,1-2H3,(H,21,22)(H,23,24). The summed E-state index contributed by atoms with van der Waals surface area (Å²) in [6.45, 7) is 1.64. The molecule has 0 saturated carbocycles. The molecule has 0 amide bonds. The highest BCUT2D eigenvalue weighted by atomic mass is 16.5.